The molecule has 516 valence electrons. The van der Waals surface area contributed by atoms with Gasteiger partial charge in [-0.15, -0.1) is 5.73 Å². The van der Waals surface area contributed by atoms with E-state index in [0.29, 0.717) is 0 Å². The molecular formula is C111H72. The molecule has 0 saturated carbocycles. The molecule has 26 aliphatic carbocycles. The third-order valence-electron chi connectivity index (χ3n) is 21.6. The largest absolute Gasteiger partial charge is 0.120 e. The van der Waals surface area contributed by atoms with Crippen molar-refractivity contribution in [1.82, 2.24) is 0 Å². The van der Waals surface area contributed by atoms with Gasteiger partial charge in [-0.05, 0) is 297 Å². The summed E-state index contributed by atoms with van der Waals surface area (Å²) in [5.74, 6) is 0. The highest BCUT2D eigenvalue weighted by atomic mass is 14.2. The van der Waals surface area contributed by atoms with Gasteiger partial charge in [0.25, 0.3) is 0 Å². The van der Waals surface area contributed by atoms with Crippen LogP contribution in [0, 0.1) is 0 Å². The lowest BCUT2D eigenvalue weighted by atomic mass is 9.92. The molecule has 0 nitrogen and oxygen atoms in total. The molecule has 0 aliphatic heterocycles. The molecule has 0 amide bonds. The fraction of sp³-hybridized carbons (Fsp3) is 0. The van der Waals surface area contributed by atoms with E-state index in [0.717, 1.165) is 200 Å². The predicted octanol–water partition coefficient (Wildman–Crippen LogP) is 30.1. The molecule has 26 aliphatic rings. The minimum Gasteiger partial charge on any atom is -0.120 e. The highest BCUT2D eigenvalue weighted by molar-refractivity contribution is 5.89. The van der Waals surface area contributed by atoms with Crippen LogP contribution >= 0.6 is 0 Å². The third-order valence-corrected chi connectivity index (χ3v) is 21.6. The zero-order chi connectivity index (χ0) is 73.8. The van der Waals surface area contributed by atoms with Gasteiger partial charge in [-0.2, -0.15) is 0 Å². The van der Waals surface area contributed by atoms with Gasteiger partial charge in [0.15, 0.2) is 0 Å². The van der Waals surface area contributed by atoms with E-state index in [2.05, 4.69) is 442 Å². The van der Waals surface area contributed by atoms with Gasteiger partial charge in [0.1, 0.15) is 0 Å². The summed E-state index contributed by atoms with van der Waals surface area (Å²) in [4.78, 5) is 0. The number of benzene rings is 16. The molecular weight excluding hydrogens is 1330 g/mol. The molecule has 0 heteroatoms. The third kappa shape index (κ3) is 15.1. The topological polar surface area (TPSA) is 0 Å². The van der Waals surface area contributed by atoms with E-state index in [1.165, 1.54) is 0 Å². The van der Waals surface area contributed by atoms with Gasteiger partial charge in [-0.1, -0.05) is 351 Å². The Hall–Kier alpha value is -14.7. The summed E-state index contributed by atoms with van der Waals surface area (Å²) < 4.78 is 0. The Morgan fingerprint density at radius 3 is 0.333 bits per heavy atom. The fourth-order valence-electron chi connectivity index (χ4n) is 15.1. The molecule has 36 bridgehead atoms. The van der Waals surface area contributed by atoms with Crippen LogP contribution in [0.3, 0.4) is 0 Å². The summed E-state index contributed by atoms with van der Waals surface area (Å²) in [6.07, 6.45) is 25.8. The van der Waals surface area contributed by atoms with Crippen LogP contribution in [0.2, 0.25) is 0 Å². The van der Waals surface area contributed by atoms with E-state index in [1.807, 2.05) is 12.2 Å². The van der Waals surface area contributed by atoms with Crippen LogP contribution in [0.4, 0.5) is 0 Å². The number of hydrogen-bond donors (Lipinski definition) is 0. The van der Waals surface area contributed by atoms with Crippen LogP contribution in [0.5, 0.6) is 0 Å². The van der Waals surface area contributed by atoms with Crippen molar-refractivity contribution in [2.75, 3.05) is 0 Å². The first-order valence-electron chi connectivity index (χ1n) is 38.0. The van der Waals surface area contributed by atoms with E-state index in [-0.39, 0.29) is 0 Å². The van der Waals surface area contributed by atoms with Crippen LogP contribution in [0.1, 0.15) is 66.8 Å². The molecule has 0 unspecified atom stereocenters. The molecule has 42 rings (SSSR count). The maximum atomic E-state index is 3.51. The highest BCUT2D eigenvalue weighted by Gasteiger charge is 2.15. The lowest BCUT2D eigenvalue weighted by Crippen LogP contribution is -1.87. The SMILES string of the molecule is C1=C=Cc2ccc(cc2)-c2cc3cc(c2)-c2ccc(cc2)/C=C\c2ccc(cc2)-c2cc4cc(c2)-c2ccc(cc2)/C=C\c2ccc(cc2)-c2cc(cc(c2)-c2ccc(cc2)C=C=Cc2ccc(cc2)-c2cc(cc(c2)-c2ccc(cc2)C=Cc2ccc-4cc2)-c2ccc(cc2)C=Cc2ccc-3cc2)-c2ccc(cc2)C=1. The van der Waals surface area contributed by atoms with E-state index in [4.69, 9.17) is 0 Å². The molecule has 16 aromatic carbocycles. The molecule has 16 aromatic rings. The Kier molecular flexibility index (Phi) is 18.0. The standard InChI is InChI=1S/C111H72/c1-2-5-77-18-42-89(43-19-77)101-66-105-71-106(67-101)94-52-28-82(29-53-94)11-14-86-36-60-98(61-37-86)110-73-109-74-111(75-110)99-62-38-87(39-63-99)15-12-84-32-56-96(57-33-84)108-70-103(69-107(72-108)95-54-30-83(31-55-95)10-9-81-26-50-93(105)51-27-81)91-46-22-79(23-47-91)7-3-6-78-20-44-90(45-21-78)102-64-100(88-40-16-76(4-1)17-41-88)65-104(68-102)92-48-24-80(25-49-92)8-13-85-34-58-97(109)59-35-85/h4-75H/b5-4?,10-9?,13-8-,14-11-,15-12?. The van der Waals surface area contributed by atoms with Crippen molar-refractivity contribution in [3.63, 3.8) is 0 Å². The van der Waals surface area contributed by atoms with E-state index < -0.39 is 0 Å². The second kappa shape index (κ2) is 29.9. The monoisotopic (exact) mass is 1400 g/mol. The summed E-state index contributed by atoms with van der Waals surface area (Å²) in [7, 11) is 0. The van der Waals surface area contributed by atoms with Gasteiger partial charge < -0.3 is 0 Å². The zero-order valence-corrected chi connectivity index (χ0v) is 61.1. The average molecular weight is 1410 g/mol. The van der Waals surface area contributed by atoms with Crippen LogP contribution in [0.25, 0.3) is 206 Å². The molecule has 0 saturated heterocycles. The minimum absolute atomic E-state index is 1.04. The molecule has 111 heavy (non-hydrogen) atoms. The average Bonchev–Trinajstić information content (AvgIpc) is 0.812. The van der Waals surface area contributed by atoms with Crippen LogP contribution in [-0.2, 0) is 0 Å². The Labute approximate surface area is 650 Å². The quantitative estimate of drug-likeness (QED) is 0.133. The first-order valence-corrected chi connectivity index (χ1v) is 38.0. The molecule has 0 fully saturated rings. The molecule has 0 heterocycles. The molecule has 0 atom stereocenters. The number of rotatable bonds is 0. The smallest absolute Gasteiger partial charge is 0.00427 e. The Bertz CT molecular complexity index is 6430. The second-order valence-corrected chi connectivity index (χ2v) is 29.0. The van der Waals surface area contributed by atoms with E-state index in [1.54, 1.807) is 0 Å². The van der Waals surface area contributed by atoms with Crippen molar-refractivity contribution in [3.8, 4) is 134 Å². The maximum Gasteiger partial charge on any atom is -0.00427 e. The van der Waals surface area contributed by atoms with Gasteiger partial charge in [0.05, 0.1) is 0 Å². The van der Waals surface area contributed by atoms with Crippen LogP contribution in [-0.4, -0.2) is 0 Å². The predicted molar refractivity (Wildman–Crippen MR) is 475 cm³/mol. The highest BCUT2D eigenvalue weighted by Crippen LogP contribution is 2.40. The molecule has 0 radical (unpaired) electrons. The summed E-state index contributed by atoms with van der Waals surface area (Å²) in [5, 5.41) is 0. The van der Waals surface area contributed by atoms with Crippen molar-refractivity contribution in [1.29, 1.82) is 0 Å². The van der Waals surface area contributed by atoms with Gasteiger partial charge >= 0.3 is 0 Å². The summed E-state index contributed by atoms with van der Waals surface area (Å²) in [6, 6.07) is 135. The maximum absolute atomic E-state index is 3.51. The van der Waals surface area contributed by atoms with Crippen LogP contribution < -0.4 is 0 Å². The first kappa shape index (κ1) is 66.9. The summed E-state index contributed by atoms with van der Waals surface area (Å²) in [5.41, 5.74) is 50.9. The van der Waals surface area contributed by atoms with Crippen LogP contribution in [0.15, 0.2) is 381 Å². The van der Waals surface area contributed by atoms with Crippen molar-refractivity contribution < 1.29 is 0 Å². The Morgan fingerprint density at radius 2 is 0.207 bits per heavy atom. The Morgan fingerprint density at radius 1 is 0.0991 bits per heavy atom. The van der Waals surface area contributed by atoms with Crippen molar-refractivity contribution >= 4 is 72.9 Å². The van der Waals surface area contributed by atoms with Gasteiger partial charge in [0, 0.05) is 0 Å². The minimum atomic E-state index is 1.04. The Balaban J connectivity index is 0.784. The van der Waals surface area contributed by atoms with Gasteiger partial charge in [-0.3, -0.25) is 0 Å². The fourth-order valence-corrected chi connectivity index (χ4v) is 15.1. The summed E-state index contributed by atoms with van der Waals surface area (Å²) in [6.45, 7) is 0. The van der Waals surface area contributed by atoms with Gasteiger partial charge in [-0.25, -0.2) is 0 Å². The lowest BCUT2D eigenvalue weighted by Gasteiger charge is -2.12. The summed E-state index contributed by atoms with van der Waals surface area (Å²) >= 11 is 0. The lowest BCUT2D eigenvalue weighted by molar-refractivity contribution is 1.55. The molecule has 0 spiro atoms. The van der Waals surface area contributed by atoms with Crippen molar-refractivity contribution in [3.05, 3.63) is 448 Å². The van der Waals surface area contributed by atoms with Gasteiger partial charge in [0.2, 0.25) is 0 Å². The first-order chi connectivity index (χ1) is 54.8. The molecule has 0 aromatic heterocycles. The molecule has 0 N–H and O–H groups in total. The van der Waals surface area contributed by atoms with Crippen molar-refractivity contribution in [2.45, 2.75) is 0 Å². The normalized spacial score (nSPS) is 12.7. The van der Waals surface area contributed by atoms with Crippen molar-refractivity contribution in [2.24, 2.45) is 0 Å². The van der Waals surface area contributed by atoms with E-state index in [9.17, 15) is 0 Å². The second-order valence-electron chi connectivity index (χ2n) is 29.0. The number of hydrogen-bond acceptors (Lipinski definition) is 0. The van der Waals surface area contributed by atoms with E-state index >= 15 is 0 Å². The zero-order valence-electron chi connectivity index (χ0n) is 61.1.